The summed E-state index contributed by atoms with van der Waals surface area (Å²) in [6.45, 7) is 3.01. The van der Waals surface area contributed by atoms with Crippen LogP contribution in [0.2, 0.25) is 0 Å². The van der Waals surface area contributed by atoms with Crippen molar-refractivity contribution in [3.05, 3.63) is 65.5 Å². The van der Waals surface area contributed by atoms with Gasteiger partial charge in [0.05, 0.1) is 0 Å². The maximum Gasteiger partial charge on any atom is 0.255 e. The van der Waals surface area contributed by atoms with Crippen LogP contribution in [0.4, 0.5) is 0 Å². The molecule has 1 aromatic carbocycles. The lowest BCUT2D eigenvalue weighted by atomic mass is 10.0. The topological polar surface area (TPSA) is 33.2 Å². The Balaban J connectivity index is 1.69. The highest BCUT2D eigenvalue weighted by atomic mass is 32.2. The minimum absolute atomic E-state index is 0.0791. The van der Waals surface area contributed by atoms with E-state index in [0.717, 1.165) is 29.8 Å². The number of hydrogen-bond donors (Lipinski definition) is 0. The number of unbranched alkanes of at least 4 members (excludes halogenated alkanes) is 2. The lowest BCUT2D eigenvalue weighted by Crippen LogP contribution is -2.30. The fourth-order valence-electron chi connectivity index (χ4n) is 3.04. The second-order valence-corrected chi connectivity index (χ2v) is 7.35. The molecule has 3 nitrogen and oxygen atoms in total. The maximum atomic E-state index is 12.9. The smallest absolute Gasteiger partial charge is 0.255 e. The molecule has 1 fully saturated rings. The highest BCUT2D eigenvalue weighted by molar-refractivity contribution is 7.99. The Morgan fingerprint density at radius 1 is 1.25 bits per heavy atom. The van der Waals surface area contributed by atoms with Gasteiger partial charge in [0, 0.05) is 35.8 Å². The van der Waals surface area contributed by atoms with Crippen molar-refractivity contribution >= 4 is 17.7 Å². The molecule has 2 heterocycles. The van der Waals surface area contributed by atoms with E-state index >= 15 is 0 Å². The molecule has 2 aromatic rings. The summed E-state index contributed by atoms with van der Waals surface area (Å²) >= 11 is 1.81. The highest BCUT2D eigenvalue weighted by Gasteiger charge is 2.31. The van der Waals surface area contributed by atoms with Gasteiger partial charge < -0.3 is 4.90 Å². The second kappa shape index (κ2) is 8.34. The van der Waals surface area contributed by atoms with E-state index in [2.05, 4.69) is 24.0 Å². The number of thioether (sulfide) groups is 1. The number of amides is 1. The van der Waals surface area contributed by atoms with Crippen molar-refractivity contribution in [1.82, 2.24) is 9.88 Å². The molecular weight excluding hydrogens is 316 g/mol. The Morgan fingerprint density at radius 3 is 2.79 bits per heavy atom. The van der Waals surface area contributed by atoms with Crippen LogP contribution in [0.15, 0.2) is 48.8 Å². The van der Waals surface area contributed by atoms with Gasteiger partial charge in [-0.15, -0.1) is 11.8 Å². The molecule has 0 N–H and O–H groups in total. The molecule has 0 spiro atoms. The van der Waals surface area contributed by atoms with Crippen LogP contribution >= 0.6 is 11.8 Å². The zero-order valence-corrected chi connectivity index (χ0v) is 15.0. The summed E-state index contributed by atoms with van der Waals surface area (Å²) in [5.74, 6) is 1.09. The first-order chi connectivity index (χ1) is 11.8. The van der Waals surface area contributed by atoms with Gasteiger partial charge in [-0.1, -0.05) is 38.0 Å². The molecule has 126 valence electrons. The number of carbonyl (C=O) groups excluding carboxylic acids is 1. The molecule has 3 rings (SSSR count). The van der Waals surface area contributed by atoms with Crippen LogP contribution in [0.3, 0.4) is 0 Å². The van der Waals surface area contributed by atoms with Crippen LogP contribution < -0.4 is 0 Å². The number of benzene rings is 1. The van der Waals surface area contributed by atoms with Crippen LogP contribution in [0.25, 0.3) is 0 Å². The van der Waals surface area contributed by atoms with Crippen LogP contribution in [0.1, 0.15) is 53.0 Å². The Hall–Kier alpha value is -1.81. The van der Waals surface area contributed by atoms with Crippen LogP contribution in [-0.4, -0.2) is 28.1 Å². The Labute approximate surface area is 148 Å². The molecule has 1 aromatic heterocycles. The molecule has 1 saturated heterocycles. The van der Waals surface area contributed by atoms with Crippen molar-refractivity contribution in [2.45, 2.75) is 38.0 Å². The summed E-state index contributed by atoms with van der Waals surface area (Å²) in [6, 6.07) is 12.1. The molecule has 0 unspecified atom stereocenters. The summed E-state index contributed by atoms with van der Waals surface area (Å²) in [5, 5.41) is 0.0791. The quantitative estimate of drug-likeness (QED) is 0.715. The monoisotopic (exact) mass is 340 g/mol. The van der Waals surface area contributed by atoms with Crippen LogP contribution in [0.5, 0.6) is 0 Å². The second-order valence-electron chi connectivity index (χ2n) is 6.16. The third-order valence-electron chi connectivity index (χ3n) is 4.39. The average Bonchev–Trinajstić information content (AvgIpc) is 3.12. The van der Waals surface area contributed by atoms with Crippen LogP contribution in [-0.2, 0) is 6.42 Å². The Bertz CT molecular complexity index is 657. The number of rotatable bonds is 6. The van der Waals surface area contributed by atoms with E-state index < -0.39 is 0 Å². The number of aryl methyl sites for hydroxylation is 1. The molecule has 0 bridgehead atoms. The maximum absolute atomic E-state index is 12.9. The van der Waals surface area contributed by atoms with Crippen molar-refractivity contribution in [2.24, 2.45) is 0 Å². The number of pyridine rings is 1. The Morgan fingerprint density at radius 2 is 2.08 bits per heavy atom. The van der Waals surface area contributed by atoms with E-state index in [4.69, 9.17) is 0 Å². The summed E-state index contributed by atoms with van der Waals surface area (Å²) in [6.07, 6.45) is 8.44. The van der Waals surface area contributed by atoms with Gasteiger partial charge in [-0.3, -0.25) is 9.78 Å². The van der Waals surface area contributed by atoms with Gasteiger partial charge in [0.1, 0.15) is 5.37 Å². The molecule has 1 atom stereocenters. The molecule has 1 aliphatic heterocycles. The SMILES string of the molecule is CCCCCc1ccc(C(=O)N2CCS[C@@H]2c2cccnc2)cc1. The zero-order chi connectivity index (χ0) is 16.8. The van der Waals surface area contributed by atoms with Crippen molar-refractivity contribution in [1.29, 1.82) is 0 Å². The summed E-state index contributed by atoms with van der Waals surface area (Å²) in [5.41, 5.74) is 3.20. The molecule has 0 saturated carbocycles. The molecule has 4 heteroatoms. The van der Waals surface area contributed by atoms with Gasteiger partial charge in [-0.05, 0) is 36.6 Å². The van der Waals surface area contributed by atoms with Crippen molar-refractivity contribution < 1.29 is 4.79 Å². The van der Waals surface area contributed by atoms with Gasteiger partial charge >= 0.3 is 0 Å². The predicted octanol–water partition coefficient (Wildman–Crippen LogP) is 4.70. The fourth-order valence-corrected chi connectivity index (χ4v) is 4.27. The van der Waals surface area contributed by atoms with Gasteiger partial charge in [-0.2, -0.15) is 0 Å². The fraction of sp³-hybridized carbons (Fsp3) is 0.400. The number of hydrogen-bond acceptors (Lipinski definition) is 3. The average molecular weight is 340 g/mol. The van der Waals surface area contributed by atoms with E-state index in [-0.39, 0.29) is 11.3 Å². The zero-order valence-electron chi connectivity index (χ0n) is 14.1. The van der Waals surface area contributed by atoms with E-state index in [1.165, 1.54) is 24.8 Å². The van der Waals surface area contributed by atoms with Gasteiger partial charge in [0.15, 0.2) is 0 Å². The predicted molar refractivity (Wildman–Crippen MR) is 100 cm³/mol. The van der Waals surface area contributed by atoms with E-state index in [1.54, 1.807) is 6.20 Å². The van der Waals surface area contributed by atoms with Gasteiger partial charge in [0.25, 0.3) is 5.91 Å². The molecule has 1 aliphatic rings. The first-order valence-electron chi connectivity index (χ1n) is 8.71. The minimum Gasteiger partial charge on any atom is -0.322 e. The van der Waals surface area contributed by atoms with Gasteiger partial charge in [-0.25, -0.2) is 0 Å². The summed E-state index contributed by atoms with van der Waals surface area (Å²) in [7, 11) is 0. The molecule has 0 radical (unpaired) electrons. The third-order valence-corrected chi connectivity index (χ3v) is 5.65. The Kier molecular flexibility index (Phi) is 5.91. The largest absolute Gasteiger partial charge is 0.322 e. The first kappa shape index (κ1) is 17.0. The van der Waals surface area contributed by atoms with E-state index in [1.807, 2.05) is 47.1 Å². The molecular formula is C20H24N2OS. The number of nitrogens with zero attached hydrogens (tertiary/aromatic N) is 2. The van der Waals surface area contributed by atoms with Crippen molar-refractivity contribution in [3.8, 4) is 0 Å². The normalized spacial score (nSPS) is 17.2. The summed E-state index contributed by atoms with van der Waals surface area (Å²) < 4.78 is 0. The first-order valence-corrected chi connectivity index (χ1v) is 9.76. The van der Waals surface area contributed by atoms with E-state index in [9.17, 15) is 4.79 Å². The molecule has 0 aliphatic carbocycles. The van der Waals surface area contributed by atoms with Crippen molar-refractivity contribution in [3.63, 3.8) is 0 Å². The molecule has 24 heavy (non-hydrogen) atoms. The van der Waals surface area contributed by atoms with Crippen LogP contribution in [0, 0.1) is 0 Å². The summed E-state index contributed by atoms with van der Waals surface area (Å²) in [4.78, 5) is 19.1. The minimum atomic E-state index is 0.0791. The van der Waals surface area contributed by atoms with Crippen molar-refractivity contribution in [2.75, 3.05) is 12.3 Å². The lowest BCUT2D eigenvalue weighted by molar-refractivity contribution is 0.0760. The lowest BCUT2D eigenvalue weighted by Gasteiger charge is -2.24. The molecule has 1 amide bonds. The van der Waals surface area contributed by atoms with E-state index in [0.29, 0.717) is 0 Å². The number of aromatic nitrogens is 1. The third kappa shape index (κ3) is 3.99. The highest BCUT2D eigenvalue weighted by Crippen LogP contribution is 2.38. The standard InChI is InChI=1S/C20H24N2OS/c1-2-3-4-6-16-8-10-17(11-9-16)19(23)22-13-14-24-20(22)18-7-5-12-21-15-18/h5,7-12,15,20H,2-4,6,13-14H2,1H3/t20-/m1/s1. The van der Waals surface area contributed by atoms with Gasteiger partial charge in [0.2, 0.25) is 0 Å². The number of carbonyl (C=O) groups is 1.